The van der Waals surface area contributed by atoms with Gasteiger partial charge >= 0.3 is 124 Å². The third-order valence-electron chi connectivity index (χ3n) is 2.31. The van der Waals surface area contributed by atoms with Gasteiger partial charge < -0.3 is 0 Å². The average molecular weight is 466 g/mol. The number of allylic oxidation sites excluding steroid dienone is 2. The molecule has 0 fully saturated rings. The molecule has 0 aromatic heterocycles. The standard InChI is InChI=1S/C10H21N4OS.CH3.Tl.H/c1-4-9(14-6-5-7-15)10(8-13-2)16(3,11)12;;;/h8,14-15H,3-7H2,1-2H3,(H2-,11,12);1H3;;/q-1;;+1;/b10-9+,13-8?;;;. The van der Waals surface area contributed by atoms with Crippen LogP contribution in [0.4, 0.5) is 0 Å². The van der Waals surface area contributed by atoms with Gasteiger partial charge in [-0.25, -0.2) is 0 Å². The fourth-order valence-electron chi connectivity index (χ4n) is 1.50. The van der Waals surface area contributed by atoms with Crippen LogP contribution in [0.2, 0.25) is 4.48 Å². The number of aliphatic hydroxyl groups is 1. The molecule has 0 spiro atoms. The van der Waals surface area contributed by atoms with Crippen LogP contribution in [0, 0.1) is 0 Å². The van der Waals surface area contributed by atoms with Crippen LogP contribution in [0.1, 0.15) is 19.8 Å². The number of rotatable bonds is 8. The molecule has 0 radical (unpaired) electrons. The number of aliphatic hydroxyl groups excluding tert-OH is 1. The van der Waals surface area contributed by atoms with Crippen molar-refractivity contribution in [3.63, 3.8) is 0 Å². The van der Waals surface area contributed by atoms with Crippen molar-refractivity contribution in [3.05, 3.63) is 10.6 Å². The number of nitrogens with zero attached hydrogens (tertiary/aromatic N) is 2. The van der Waals surface area contributed by atoms with Crippen molar-refractivity contribution in [1.82, 2.24) is 5.32 Å². The van der Waals surface area contributed by atoms with Gasteiger partial charge in [-0.2, -0.15) is 0 Å². The van der Waals surface area contributed by atoms with E-state index in [1.807, 2.05) is 0 Å². The van der Waals surface area contributed by atoms with E-state index in [1.54, 1.807) is 13.3 Å². The molecule has 0 aliphatic heterocycles. The molecule has 18 heavy (non-hydrogen) atoms. The first kappa shape index (κ1) is 18.1. The fourth-order valence-corrected chi connectivity index (χ4v) is 10.0. The molecule has 0 heterocycles. The Balaban J connectivity index is 5.37. The average Bonchev–Trinajstić information content (AvgIpc) is 2.32. The Morgan fingerprint density at radius 1 is 1.61 bits per heavy atom. The first-order valence-corrected chi connectivity index (χ1v) is 15.9. The normalized spacial score (nSPS) is 16.1. The Hall–Kier alpha value is 0.0721. The second kappa shape index (κ2) is 9.93. The number of nitrogens with two attached hydrogens (primary N) is 1. The zero-order chi connectivity index (χ0) is 14.0. The molecule has 5 nitrogen and oxygen atoms in total. The van der Waals surface area contributed by atoms with Crippen molar-refractivity contribution >= 4 is 46.2 Å². The SMILES string of the molecule is C=S(N)(=[N][TlH][CH3])/C(C=NC)=C(\CC)NCCCO. The van der Waals surface area contributed by atoms with Crippen LogP contribution in [0.15, 0.2) is 17.8 Å². The van der Waals surface area contributed by atoms with E-state index in [2.05, 4.69) is 29.8 Å². The quantitative estimate of drug-likeness (QED) is 0.209. The number of hydrogen-bond donors (Lipinski definition) is 3. The predicted octanol–water partition coefficient (Wildman–Crippen LogP) is 0.323. The van der Waals surface area contributed by atoms with Crippen LogP contribution in [-0.4, -0.2) is 61.9 Å². The van der Waals surface area contributed by atoms with Crippen molar-refractivity contribution < 1.29 is 5.11 Å². The molecule has 0 saturated heterocycles. The molecule has 0 saturated carbocycles. The molecule has 0 aromatic carbocycles. The fraction of sp³-hybridized carbons (Fsp3) is 0.636. The molecule has 7 heteroatoms. The van der Waals surface area contributed by atoms with Gasteiger partial charge in [0.05, 0.1) is 0 Å². The molecule has 4 N–H and O–H groups in total. The van der Waals surface area contributed by atoms with E-state index in [9.17, 15) is 0 Å². The van der Waals surface area contributed by atoms with Gasteiger partial charge in [-0.3, -0.25) is 0 Å². The van der Waals surface area contributed by atoms with E-state index in [1.165, 1.54) is 0 Å². The monoisotopic (exact) mass is 466 g/mol. The van der Waals surface area contributed by atoms with E-state index < -0.39 is 34.1 Å². The van der Waals surface area contributed by atoms with Gasteiger partial charge in [-0.1, -0.05) is 0 Å². The van der Waals surface area contributed by atoms with Crippen molar-refractivity contribution in [3.8, 4) is 0 Å². The zero-order valence-corrected chi connectivity index (χ0v) is 18.0. The molecule has 0 bridgehead atoms. The molecule has 0 aliphatic carbocycles. The molecule has 104 valence electrons. The van der Waals surface area contributed by atoms with Crippen LogP contribution in [0.25, 0.3) is 0 Å². The van der Waals surface area contributed by atoms with Crippen molar-refractivity contribution in [2.24, 2.45) is 12.3 Å². The summed E-state index contributed by atoms with van der Waals surface area (Å²) < 4.78 is 6.78. The van der Waals surface area contributed by atoms with Gasteiger partial charge in [0, 0.05) is 0 Å². The van der Waals surface area contributed by atoms with E-state index >= 15 is 0 Å². The summed E-state index contributed by atoms with van der Waals surface area (Å²) in [5, 5.41) is 18.4. The summed E-state index contributed by atoms with van der Waals surface area (Å²) in [6.45, 7) is 2.98. The Kier molecular flexibility index (Phi) is 9.97. The second-order valence-electron chi connectivity index (χ2n) is 3.79. The van der Waals surface area contributed by atoms with Crippen LogP contribution >= 0.6 is 0 Å². The molecule has 0 aliphatic rings. The summed E-state index contributed by atoms with van der Waals surface area (Å²) in [5.74, 6) is 4.09. The van der Waals surface area contributed by atoms with Gasteiger partial charge in [-0.15, -0.1) is 0 Å². The first-order chi connectivity index (χ1) is 8.53. The topological polar surface area (TPSA) is 83.0 Å². The number of nitrogens with one attached hydrogen (secondary N) is 1. The summed E-state index contributed by atoms with van der Waals surface area (Å²) in [6.07, 6.45) is 3.33. The van der Waals surface area contributed by atoms with Gasteiger partial charge in [0.25, 0.3) is 0 Å². The molecular weight excluding hydrogens is 441 g/mol. The van der Waals surface area contributed by atoms with Gasteiger partial charge in [0.15, 0.2) is 0 Å². The van der Waals surface area contributed by atoms with Crippen LogP contribution in [0.5, 0.6) is 0 Å². The summed E-state index contributed by atoms with van der Waals surface area (Å²) >= 11 is -1.19. The third kappa shape index (κ3) is 6.30. The first-order valence-electron chi connectivity index (χ1n) is 6.16. The van der Waals surface area contributed by atoms with Crippen molar-refractivity contribution in [2.75, 3.05) is 20.2 Å². The van der Waals surface area contributed by atoms with Crippen LogP contribution in [0.3, 0.4) is 0 Å². The third-order valence-corrected chi connectivity index (χ3v) is 12.5. The molecule has 0 aromatic rings. The van der Waals surface area contributed by atoms with Crippen molar-refractivity contribution in [2.45, 2.75) is 24.2 Å². The Labute approximate surface area is 123 Å². The maximum atomic E-state index is 8.81. The molecule has 0 rings (SSSR count). The minimum absolute atomic E-state index is 0.183. The Morgan fingerprint density at radius 2 is 2.28 bits per heavy atom. The summed E-state index contributed by atoms with van der Waals surface area (Å²) in [7, 11) is -0.0750. The maximum absolute atomic E-state index is 8.81. The van der Waals surface area contributed by atoms with Crippen molar-refractivity contribution in [1.29, 1.82) is 0 Å². The van der Waals surface area contributed by atoms with Gasteiger partial charge in [0.1, 0.15) is 0 Å². The van der Waals surface area contributed by atoms with Gasteiger partial charge in [0.2, 0.25) is 0 Å². The van der Waals surface area contributed by atoms with Crippen LogP contribution in [-0.2, 0) is 9.60 Å². The minimum atomic E-state index is -1.80. The molecular formula is C11H25N4OSTl. The van der Waals surface area contributed by atoms with E-state index in [4.69, 9.17) is 10.2 Å². The molecule has 1 unspecified atom stereocenters. The summed E-state index contributed by atoms with van der Waals surface area (Å²) in [4.78, 5) is 5.01. The summed E-state index contributed by atoms with van der Waals surface area (Å²) in [6, 6.07) is 0. The van der Waals surface area contributed by atoms with Crippen LogP contribution < -0.4 is 10.5 Å². The molecule has 1 atom stereocenters. The number of hydrogen-bond acceptors (Lipinski definition) is 4. The molecule has 0 amide bonds. The van der Waals surface area contributed by atoms with E-state index in [0.29, 0.717) is 0 Å². The Bertz CT molecular complexity index is 411. The number of aliphatic imine (C=N–C) groups is 1. The second-order valence-corrected chi connectivity index (χ2v) is 11.5. The Morgan fingerprint density at radius 3 is 2.72 bits per heavy atom. The summed E-state index contributed by atoms with van der Waals surface area (Å²) in [5.41, 5.74) is 1.05. The van der Waals surface area contributed by atoms with Gasteiger partial charge in [-0.05, 0) is 0 Å². The van der Waals surface area contributed by atoms with E-state index in [0.717, 1.165) is 30.0 Å². The predicted molar refractivity (Wildman–Crippen MR) is 85.6 cm³/mol. The van der Waals surface area contributed by atoms with E-state index in [-0.39, 0.29) is 6.61 Å². The zero-order valence-electron chi connectivity index (χ0n) is 11.6.